The summed E-state index contributed by atoms with van der Waals surface area (Å²) < 4.78 is 5.03. The lowest BCUT2D eigenvalue weighted by atomic mass is 10.1. The van der Waals surface area contributed by atoms with Gasteiger partial charge >= 0.3 is 5.97 Å². The minimum absolute atomic E-state index is 0.197. The Labute approximate surface area is 122 Å². The van der Waals surface area contributed by atoms with E-state index in [-0.39, 0.29) is 5.56 Å². The summed E-state index contributed by atoms with van der Waals surface area (Å²) in [6.45, 7) is 0. The van der Waals surface area contributed by atoms with E-state index in [1.807, 2.05) is 24.3 Å². The van der Waals surface area contributed by atoms with Crippen molar-refractivity contribution in [2.45, 2.75) is 0 Å². The quantitative estimate of drug-likeness (QED) is 0.857. The molecule has 0 aliphatic rings. The van der Waals surface area contributed by atoms with Crippen LogP contribution in [0.5, 0.6) is 5.75 Å². The van der Waals surface area contributed by atoms with Gasteiger partial charge < -0.3 is 9.84 Å². The van der Waals surface area contributed by atoms with Crippen LogP contribution in [-0.2, 0) is 0 Å². The third-order valence-corrected chi connectivity index (χ3v) is 3.03. The lowest BCUT2D eigenvalue weighted by molar-refractivity contribution is 0.0696. The molecule has 102 valence electrons. The maximum Gasteiger partial charge on any atom is 0.336 e. The lowest BCUT2D eigenvalue weighted by Crippen LogP contribution is -2.00. The Bertz CT molecular complexity index is 663. The normalized spacial score (nSPS) is 10.7. The van der Waals surface area contributed by atoms with E-state index in [2.05, 4.69) is 0 Å². The highest BCUT2D eigenvalue weighted by Crippen LogP contribution is 2.20. The monoisotopic (exact) mass is 288 g/mol. The second-order valence-corrected chi connectivity index (χ2v) is 4.58. The van der Waals surface area contributed by atoms with Crippen LogP contribution in [0.1, 0.15) is 21.5 Å². The molecule has 0 aliphatic carbocycles. The molecule has 2 aromatic carbocycles. The van der Waals surface area contributed by atoms with E-state index in [1.54, 1.807) is 24.3 Å². The Hall–Kier alpha value is -2.26. The number of hydrogen-bond acceptors (Lipinski definition) is 2. The third-order valence-electron chi connectivity index (χ3n) is 2.79. The first-order valence-corrected chi connectivity index (χ1v) is 6.33. The first kappa shape index (κ1) is 14.2. The maximum atomic E-state index is 11.2. The summed E-state index contributed by atoms with van der Waals surface area (Å²) in [5.74, 6) is -0.475. The molecule has 1 N–H and O–H groups in total. The van der Waals surface area contributed by atoms with Crippen molar-refractivity contribution in [3.63, 3.8) is 0 Å². The predicted molar refractivity (Wildman–Crippen MR) is 80.3 cm³/mol. The number of hydrogen-bond donors (Lipinski definition) is 1. The van der Waals surface area contributed by atoms with E-state index in [0.29, 0.717) is 16.3 Å². The molecule has 0 aromatic heterocycles. The number of ether oxygens (including phenoxy) is 1. The van der Waals surface area contributed by atoms with Gasteiger partial charge in [0, 0.05) is 5.02 Å². The Balaban J connectivity index is 2.35. The van der Waals surface area contributed by atoms with Gasteiger partial charge in [-0.15, -0.1) is 0 Å². The molecule has 2 rings (SSSR count). The van der Waals surface area contributed by atoms with Crippen LogP contribution in [0.4, 0.5) is 0 Å². The third kappa shape index (κ3) is 3.39. The Morgan fingerprint density at radius 3 is 2.65 bits per heavy atom. The summed E-state index contributed by atoms with van der Waals surface area (Å²) >= 11 is 5.90. The van der Waals surface area contributed by atoms with E-state index in [9.17, 15) is 9.90 Å². The van der Waals surface area contributed by atoms with Gasteiger partial charge in [-0.05, 0) is 35.4 Å². The topological polar surface area (TPSA) is 46.5 Å². The van der Waals surface area contributed by atoms with Crippen LogP contribution in [0.3, 0.4) is 0 Å². The molecular formula is C16H13ClO3. The highest BCUT2D eigenvalue weighted by molar-refractivity contribution is 6.30. The Morgan fingerprint density at radius 1 is 1.20 bits per heavy atom. The summed E-state index contributed by atoms with van der Waals surface area (Å²) in [7, 11) is 1.50. The van der Waals surface area contributed by atoms with Gasteiger partial charge in [-0.2, -0.15) is 0 Å². The molecule has 0 amide bonds. The van der Waals surface area contributed by atoms with Crippen molar-refractivity contribution >= 4 is 29.7 Å². The number of halogens is 1. The van der Waals surface area contributed by atoms with Crippen molar-refractivity contribution in [2.75, 3.05) is 7.11 Å². The molecule has 0 radical (unpaired) electrons. The number of benzene rings is 2. The number of methoxy groups -OCH3 is 1. The largest absolute Gasteiger partial charge is 0.497 e. The highest BCUT2D eigenvalue weighted by atomic mass is 35.5. The number of carboxylic acids is 1. The van der Waals surface area contributed by atoms with E-state index >= 15 is 0 Å². The molecule has 0 saturated heterocycles. The average molecular weight is 289 g/mol. The van der Waals surface area contributed by atoms with Crippen LogP contribution in [0.2, 0.25) is 5.02 Å². The fourth-order valence-electron chi connectivity index (χ4n) is 1.79. The summed E-state index contributed by atoms with van der Waals surface area (Å²) in [5.41, 5.74) is 1.71. The molecule has 0 saturated carbocycles. The molecule has 3 nitrogen and oxygen atoms in total. The van der Waals surface area contributed by atoms with Crippen molar-refractivity contribution in [2.24, 2.45) is 0 Å². The zero-order valence-corrected chi connectivity index (χ0v) is 11.6. The summed E-state index contributed by atoms with van der Waals surface area (Å²) in [4.78, 5) is 11.2. The molecule has 0 unspecified atom stereocenters. The second kappa shape index (κ2) is 6.26. The molecule has 0 aliphatic heterocycles. The van der Waals surface area contributed by atoms with Crippen LogP contribution < -0.4 is 4.74 Å². The highest BCUT2D eigenvalue weighted by Gasteiger charge is 2.09. The zero-order valence-electron chi connectivity index (χ0n) is 10.8. The SMILES string of the molecule is COc1ccc(/C=C/c2cccc(Cl)c2)c(C(=O)O)c1. The first-order valence-electron chi connectivity index (χ1n) is 5.95. The average Bonchev–Trinajstić information content (AvgIpc) is 2.45. The van der Waals surface area contributed by atoms with Gasteiger partial charge in [0.15, 0.2) is 0 Å². The minimum atomic E-state index is -0.991. The molecule has 0 spiro atoms. The smallest absolute Gasteiger partial charge is 0.336 e. The lowest BCUT2D eigenvalue weighted by Gasteiger charge is -2.05. The van der Waals surface area contributed by atoms with E-state index < -0.39 is 5.97 Å². The summed E-state index contributed by atoms with van der Waals surface area (Å²) in [5, 5.41) is 9.86. The fourth-order valence-corrected chi connectivity index (χ4v) is 1.99. The molecule has 20 heavy (non-hydrogen) atoms. The molecule has 0 atom stereocenters. The van der Waals surface area contributed by atoms with Crippen molar-refractivity contribution in [3.8, 4) is 5.75 Å². The number of carboxylic acid groups (broad SMARTS) is 1. The van der Waals surface area contributed by atoms with Gasteiger partial charge in [-0.3, -0.25) is 0 Å². The Kier molecular flexibility index (Phi) is 4.43. The van der Waals surface area contributed by atoms with Crippen molar-refractivity contribution < 1.29 is 14.6 Å². The molecular weight excluding hydrogens is 276 g/mol. The first-order chi connectivity index (χ1) is 9.60. The molecule has 2 aromatic rings. The number of carbonyl (C=O) groups is 1. The van der Waals surface area contributed by atoms with Crippen LogP contribution >= 0.6 is 11.6 Å². The van der Waals surface area contributed by atoms with Crippen LogP contribution in [-0.4, -0.2) is 18.2 Å². The van der Waals surface area contributed by atoms with Crippen molar-refractivity contribution in [3.05, 3.63) is 64.2 Å². The van der Waals surface area contributed by atoms with Gasteiger partial charge in [0.2, 0.25) is 0 Å². The van der Waals surface area contributed by atoms with Crippen LogP contribution in [0, 0.1) is 0 Å². The van der Waals surface area contributed by atoms with Gasteiger partial charge in [0.05, 0.1) is 12.7 Å². The standard InChI is InChI=1S/C16H13ClO3/c1-20-14-8-7-12(15(10-14)16(18)19)6-5-11-3-2-4-13(17)9-11/h2-10H,1H3,(H,18,19)/b6-5+. The zero-order chi connectivity index (χ0) is 14.5. The van der Waals surface area contributed by atoms with E-state index in [4.69, 9.17) is 16.3 Å². The van der Waals surface area contributed by atoms with Crippen LogP contribution in [0.25, 0.3) is 12.2 Å². The van der Waals surface area contributed by atoms with Gasteiger partial charge in [-0.1, -0.05) is 42.0 Å². The van der Waals surface area contributed by atoms with Gasteiger partial charge in [0.25, 0.3) is 0 Å². The minimum Gasteiger partial charge on any atom is -0.497 e. The molecule has 4 heteroatoms. The number of aromatic carboxylic acids is 1. The van der Waals surface area contributed by atoms with Gasteiger partial charge in [0.1, 0.15) is 5.75 Å². The maximum absolute atomic E-state index is 11.2. The van der Waals surface area contributed by atoms with Crippen LogP contribution in [0.15, 0.2) is 42.5 Å². The van der Waals surface area contributed by atoms with E-state index in [1.165, 1.54) is 13.2 Å². The Morgan fingerprint density at radius 2 is 2.00 bits per heavy atom. The number of rotatable bonds is 4. The summed E-state index contributed by atoms with van der Waals surface area (Å²) in [6, 6.07) is 12.3. The molecule has 0 bridgehead atoms. The second-order valence-electron chi connectivity index (χ2n) is 4.15. The van der Waals surface area contributed by atoms with Gasteiger partial charge in [-0.25, -0.2) is 4.79 Å². The molecule has 0 fully saturated rings. The van der Waals surface area contributed by atoms with Crippen molar-refractivity contribution in [1.82, 2.24) is 0 Å². The summed E-state index contributed by atoms with van der Waals surface area (Å²) in [6.07, 6.45) is 3.56. The molecule has 0 heterocycles. The fraction of sp³-hybridized carbons (Fsp3) is 0.0625. The van der Waals surface area contributed by atoms with E-state index in [0.717, 1.165) is 5.56 Å². The van der Waals surface area contributed by atoms with Crippen molar-refractivity contribution in [1.29, 1.82) is 0 Å². The predicted octanol–water partition coefficient (Wildman–Crippen LogP) is 4.22.